The third kappa shape index (κ3) is 8.17. The molecule has 7 heteroatoms. The number of piperazine rings is 1. The first-order valence-electron chi connectivity index (χ1n) is 12.9. The number of aliphatic hydroxyl groups is 1. The minimum absolute atomic E-state index is 0.0807. The zero-order chi connectivity index (χ0) is 25.8. The average molecular weight is 496 g/mol. The number of hydrogen-bond acceptors (Lipinski definition) is 6. The number of ether oxygens (including phenoxy) is 2. The van der Waals surface area contributed by atoms with Crippen LogP contribution in [-0.2, 0) is 4.74 Å². The molecule has 0 aliphatic carbocycles. The molecule has 0 radical (unpaired) electrons. The molecule has 2 aromatic rings. The van der Waals surface area contributed by atoms with Crippen LogP contribution in [0.25, 0.3) is 0 Å². The van der Waals surface area contributed by atoms with Crippen LogP contribution >= 0.6 is 0 Å². The van der Waals surface area contributed by atoms with E-state index in [1.165, 1.54) is 5.56 Å². The van der Waals surface area contributed by atoms with Crippen LogP contribution in [-0.4, -0.2) is 80.1 Å². The molecule has 1 aliphatic rings. The number of rotatable bonds is 14. The number of carbonyl (C=O) groups excluding carboxylic acids is 1. The quantitative estimate of drug-likeness (QED) is 0.236. The van der Waals surface area contributed by atoms with E-state index >= 15 is 0 Å². The number of amides is 1. The van der Waals surface area contributed by atoms with Gasteiger partial charge in [0, 0.05) is 51.4 Å². The molecule has 0 bridgehead atoms. The summed E-state index contributed by atoms with van der Waals surface area (Å²) in [5, 5.41) is 12.6. The standard InChI is InChI=1S/C29H41N3O4/c1-4-17-31-18-20-32(21-19-31)28(25-9-8-10-26(22-25)35-3)23-12-14-24(15-13-23)29(34)30-16-7-6-11-27(33)36-5-2/h4,8-10,12-15,22,27-28,33H,1,5-7,11,16-21H2,2-3H3,(H,30,34). The van der Waals surface area contributed by atoms with Crippen molar-refractivity contribution in [2.24, 2.45) is 0 Å². The smallest absolute Gasteiger partial charge is 0.251 e. The van der Waals surface area contributed by atoms with Crippen LogP contribution in [0.2, 0.25) is 0 Å². The summed E-state index contributed by atoms with van der Waals surface area (Å²) in [5.41, 5.74) is 2.98. The highest BCUT2D eigenvalue weighted by Gasteiger charge is 2.26. The average Bonchev–Trinajstić information content (AvgIpc) is 2.90. The van der Waals surface area contributed by atoms with E-state index in [0.29, 0.717) is 25.1 Å². The first kappa shape index (κ1) is 27.9. The van der Waals surface area contributed by atoms with Crippen LogP contribution in [0.15, 0.2) is 61.2 Å². The van der Waals surface area contributed by atoms with Gasteiger partial charge in [0.25, 0.3) is 5.91 Å². The minimum atomic E-state index is -0.722. The molecule has 1 fully saturated rings. The van der Waals surface area contributed by atoms with E-state index in [9.17, 15) is 9.90 Å². The molecule has 1 saturated heterocycles. The number of aliphatic hydroxyl groups excluding tert-OH is 1. The van der Waals surface area contributed by atoms with Crippen molar-refractivity contribution in [3.63, 3.8) is 0 Å². The molecule has 3 rings (SSSR count). The van der Waals surface area contributed by atoms with Gasteiger partial charge in [-0.3, -0.25) is 14.6 Å². The van der Waals surface area contributed by atoms with Crippen molar-refractivity contribution >= 4 is 5.91 Å². The second-order valence-corrected chi connectivity index (χ2v) is 9.09. The van der Waals surface area contributed by atoms with Gasteiger partial charge in [-0.25, -0.2) is 0 Å². The second kappa shape index (κ2) is 14.8. The molecular weight excluding hydrogens is 454 g/mol. The Labute approximate surface area is 215 Å². The van der Waals surface area contributed by atoms with E-state index in [1.807, 2.05) is 37.3 Å². The molecule has 1 aliphatic heterocycles. The van der Waals surface area contributed by atoms with Gasteiger partial charge in [-0.15, -0.1) is 6.58 Å². The van der Waals surface area contributed by atoms with Gasteiger partial charge in [0.2, 0.25) is 0 Å². The zero-order valence-electron chi connectivity index (χ0n) is 21.7. The number of nitrogens with zero attached hydrogens (tertiary/aromatic N) is 2. The summed E-state index contributed by atoms with van der Waals surface area (Å²) in [6, 6.07) is 16.3. The van der Waals surface area contributed by atoms with Crippen LogP contribution in [0.1, 0.15) is 53.7 Å². The van der Waals surface area contributed by atoms with Crippen molar-refractivity contribution in [3.8, 4) is 5.75 Å². The maximum atomic E-state index is 12.7. The Bertz CT molecular complexity index is 942. The SMILES string of the molecule is C=CCN1CCN(C(c2ccc(C(=O)NCCCCC(O)OCC)cc2)c2cccc(OC)c2)CC1. The van der Waals surface area contributed by atoms with Gasteiger partial charge in [-0.2, -0.15) is 0 Å². The van der Waals surface area contributed by atoms with Crippen molar-refractivity contribution in [1.29, 1.82) is 0 Å². The third-order valence-corrected chi connectivity index (χ3v) is 6.58. The van der Waals surface area contributed by atoms with E-state index in [0.717, 1.165) is 56.9 Å². The van der Waals surface area contributed by atoms with Crippen molar-refractivity contribution in [3.05, 3.63) is 77.9 Å². The fraction of sp³-hybridized carbons (Fsp3) is 0.483. The molecule has 0 spiro atoms. The Kier molecular flexibility index (Phi) is 11.4. The lowest BCUT2D eigenvalue weighted by atomic mass is 9.95. The number of nitrogens with one attached hydrogen (secondary N) is 1. The molecule has 2 N–H and O–H groups in total. The minimum Gasteiger partial charge on any atom is -0.497 e. The van der Waals surface area contributed by atoms with Crippen LogP contribution < -0.4 is 10.1 Å². The van der Waals surface area contributed by atoms with E-state index in [-0.39, 0.29) is 11.9 Å². The fourth-order valence-electron chi connectivity index (χ4n) is 4.65. The molecule has 2 atom stereocenters. The third-order valence-electron chi connectivity index (χ3n) is 6.58. The topological polar surface area (TPSA) is 74.3 Å². The molecule has 0 saturated carbocycles. The summed E-state index contributed by atoms with van der Waals surface area (Å²) in [4.78, 5) is 17.6. The predicted octanol–water partition coefficient (Wildman–Crippen LogP) is 3.84. The van der Waals surface area contributed by atoms with Gasteiger partial charge in [-0.05, 0) is 61.6 Å². The van der Waals surface area contributed by atoms with Crippen LogP contribution in [0.5, 0.6) is 5.75 Å². The summed E-state index contributed by atoms with van der Waals surface area (Å²) >= 11 is 0. The lowest BCUT2D eigenvalue weighted by Crippen LogP contribution is -2.47. The number of methoxy groups -OCH3 is 1. The van der Waals surface area contributed by atoms with Crippen LogP contribution in [0.4, 0.5) is 0 Å². The van der Waals surface area contributed by atoms with Crippen LogP contribution in [0.3, 0.4) is 0 Å². The van der Waals surface area contributed by atoms with Crippen molar-refractivity contribution in [2.75, 3.05) is 53.0 Å². The number of benzene rings is 2. The summed E-state index contributed by atoms with van der Waals surface area (Å²) < 4.78 is 10.6. The number of hydrogen-bond donors (Lipinski definition) is 2. The highest BCUT2D eigenvalue weighted by Crippen LogP contribution is 2.32. The summed E-state index contributed by atoms with van der Waals surface area (Å²) in [6.45, 7) is 11.6. The first-order chi connectivity index (χ1) is 17.5. The van der Waals surface area contributed by atoms with Crippen molar-refractivity contribution in [2.45, 2.75) is 38.5 Å². The maximum Gasteiger partial charge on any atom is 0.251 e. The molecule has 1 amide bonds. The molecule has 1 heterocycles. The molecule has 36 heavy (non-hydrogen) atoms. The predicted molar refractivity (Wildman–Crippen MR) is 143 cm³/mol. The van der Waals surface area contributed by atoms with Gasteiger partial charge in [0.05, 0.1) is 13.2 Å². The monoisotopic (exact) mass is 495 g/mol. The maximum absolute atomic E-state index is 12.7. The lowest BCUT2D eigenvalue weighted by molar-refractivity contribution is -0.0993. The van der Waals surface area contributed by atoms with Crippen molar-refractivity contribution < 1.29 is 19.4 Å². The number of carbonyl (C=O) groups is 1. The van der Waals surface area contributed by atoms with Gasteiger partial charge >= 0.3 is 0 Å². The molecule has 7 nitrogen and oxygen atoms in total. The summed E-state index contributed by atoms with van der Waals surface area (Å²) in [6.07, 6.45) is 3.40. The Morgan fingerprint density at radius 3 is 2.53 bits per heavy atom. The Hall–Kier alpha value is -2.71. The van der Waals surface area contributed by atoms with Gasteiger partial charge in [0.15, 0.2) is 6.29 Å². The summed E-state index contributed by atoms with van der Waals surface area (Å²) in [7, 11) is 1.69. The lowest BCUT2D eigenvalue weighted by Gasteiger charge is -2.39. The van der Waals surface area contributed by atoms with E-state index in [1.54, 1.807) is 7.11 Å². The van der Waals surface area contributed by atoms with Crippen molar-refractivity contribution in [1.82, 2.24) is 15.1 Å². The molecular formula is C29H41N3O4. The fourth-order valence-corrected chi connectivity index (χ4v) is 4.65. The van der Waals surface area contributed by atoms with Gasteiger partial charge < -0.3 is 19.9 Å². The van der Waals surface area contributed by atoms with Crippen LogP contribution in [0, 0.1) is 0 Å². The molecule has 2 unspecified atom stereocenters. The van der Waals surface area contributed by atoms with E-state index in [4.69, 9.17) is 9.47 Å². The largest absolute Gasteiger partial charge is 0.497 e. The Morgan fingerprint density at radius 1 is 1.11 bits per heavy atom. The van der Waals surface area contributed by atoms with Gasteiger partial charge in [-0.1, -0.05) is 30.3 Å². The van der Waals surface area contributed by atoms with E-state index < -0.39 is 6.29 Å². The van der Waals surface area contributed by atoms with E-state index in [2.05, 4.69) is 46.0 Å². The Morgan fingerprint density at radius 2 is 1.86 bits per heavy atom. The number of unbranched alkanes of at least 4 members (excludes halogenated alkanes) is 1. The molecule has 196 valence electrons. The highest BCUT2D eigenvalue weighted by atomic mass is 16.6. The zero-order valence-corrected chi connectivity index (χ0v) is 21.7. The van der Waals surface area contributed by atoms with Gasteiger partial charge in [0.1, 0.15) is 5.75 Å². The first-order valence-corrected chi connectivity index (χ1v) is 12.9. The Balaban J connectivity index is 1.65. The molecule has 2 aromatic carbocycles. The highest BCUT2D eigenvalue weighted by molar-refractivity contribution is 5.94. The summed E-state index contributed by atoms with van der Waals surface area (Å²) in [5.74, 6) is 0.760. The normalized spacial score (nSPS) is 16.3. The second-order valence-electron chi connectivity index (χ2n) is 9.09. The molecule has 0 aromatic heterocycles.